The molecule has 3 aliphatic rings. The molecule has 1 aromatic rings. The van der Waals surface area contributed by atoms with Crippen LogP contribution in [-0.4, -0.2) is 60.0 Å². The Morgan fingerprint density at radius 1 is 1.00 bits per heavy atom. The number of carbonyl (C=O) groups is 3. The fraction of sp³-hybridized carbons (Fsp3) is 0.550. The lowest BCUT2D eigenvalue weighted by Gasteiger charge is -2.45. The van der Waals surface area contributed by atoms with Crippen LogP contribution < -0.4 is 9.80 Å². The van der Waals surface area contributed by atoms with Gasteiger partial charge in [-0.2, -0.15) is 0 Å². The molecule has 0 bridgehead atoms. The summed E-state index contributed by atoms with van der Waals surface area (Å²) in [5.74, 6) is -1.26. The summed E-state index contributed by atoms with van der Waals surface area (Å²) in [4.78, 5) is 42.5. The molecule has 2 amide bonds. The number of hydrogen-bond donors (Lipinski definition) is 1. The molecule has 0 spiro atoms. The van der Waals surface area contributed by atoms with Crippen LogP contribution in [0.1, 0.15) is 48.9 Å². The quantitative estimate of drug-likeness (QED) is 0.880. The van der Waals surface area contributed by atoms with Gasteiger partial charge in [-0.1, -0.05) is 0 Å². The summed E-state index contributed by atoms with van der Waals surface area (Å²) in [6.07, 6.45) is 5.88. The zero-order chi connectivity index (χ0) is 19.0. The normalized spacial score (nSPS) is 22.3. The van der Waals surface area contributed by atoms with Crippen LogP contribution in [0.5, 0.6) is 0 Å². The van der Waals surface area contributed by atoms with Crippen LogP contribution in [-0.2, 0) is 9.59 Å². The first-order chi connectivity index (χ1) is 13.1. The van der Waals surface area contributed by atoms with Crippen molar-refractivity contribution in [2.24, 2.45) is 0 Å². The summed E-state index contributed by atoms with van der Waals surface area (Å²) in [5, 5.41) is 9.30. The highest BCUT2D eigenvalue weighted by Crippen LogP contribution is 2.40. The Balaban J connectivity index is 1.71. The van der Waals surface area contributed by atoms with Crippen LogP contribution in [0.4, 0.5) is 11.4 Å². The lowest BCUT2D eigenvalue weighted by molar-refractivity contribution is -0.137. The number of hydrogen-bond acceptors (Lipinski definition) is 4. The van der Waals surface area contributed by atoms with Crippen molar-refractivity contribution < 1.29 is 19.5 Å². The molecule has 3 heterocycles. The van der Waals surface area contributed by atoms with E-state index in [9.17, 15) is 19.5 Å². The van der Waals surface area contributed by atoms with Gasteiger partial charge in [-0.15, -0.1) is 0 Å². The number of carboxylic acids is 1. The first-order valence-electron chi connectivity index (χ1n) is 9.79. The SMILES string of the molecule is O=C(O)CN1C(=O)[C@@H]2CCCCN2c2ccc(C(=O)N3CCCCC3)cc21. The van der Waals surface area contributed by atoms with Gasteiger partial charge in [0.15, 0.2) is 0 Å². The standard InChI is InChI=1S/C20H25N3O4/c24-18(25)13-23-17-12-14(19(26)21-9-3-1-4-10-21)7-8-15(17)22-11-5-2-6-16(22)20(23)27/h7-8,12,16H,1-6,9-11,13H2,(H,24,25)/t16-/m0/s1. The molecule has 0 radical (unpaired) electrons. The molecule has 1 aromatic carbocycles. The number of anilines is 2. The maximum Gasteiger partial charge on any atom is 0.323 e. The Hall–Kier alpha value is -2.57. The highest BCUT2D eigenvalue weighted by Gasteiger charge is 2.40. The predicted octanol–water partition coefficient (Wildman–Crippen LogP) is 2.10. The van der Waals surface area contributed by atoms with Gasteiger partial charge < -0.3 is 14.9 Å². The third-order valence-electron chi connectivity index (χ3n) is 5.81. The number of aliphatic carboxylic acids is 1. The van der Waals surface area contributed by atoms with E-state index in [0.717, 1.165) is 63.8 Å². The largest absolute Gasteiger partial charge is 0.480 e. The van der Waals surface area contributed by atoms with Gasteiger partial charge in [0.25, 0.3) is 5.91 Å². The van der Waals surface area contributed by atoms with Crippen molar-refractivity contribution in [3.63, 3.8) is 0 Å². The highest BCUT2D eigenvalue weighted by molar-refractivity contribution is 6.09. The molecule has 3 aliphatic heterocycles. The van der Waals surface area contributed by atoms with Crippen LogP contribution in [0.25, 0.3) is 0 Å². The Morgan fingerprint density at radius 2 is 1.74 bits per heavy atom. The predicted molar refractivity (Wildman–Crippen MR) is 101 cm³/mol. The zero-order valence-corrected chi connectivity index (χ0v) is 15.4. The second-order valence-electron chi connectivity index (χ2n) is 7.58. The van der Waals surface area contributed by atoms with Gasteiger partial charge in [0, 0.05) is 25.2 Å². The number of carboxylic acid groups (broad SMARTS) is 1. The van der Waals surface area contributed by atoms with Gasteiger partial charge in [0.1, 0.15) is 12.6 Å². The zero-order valence-electron chi connectivity index (χ0n) is 15.4. The summed E-state index contributed by atoms with van der Waals surface area (Å²) in [5.41, 5.74) is 1.92. The molecule has 2 fully saturated rings. The summed E-state index contributed by atoms with van der Waals surface area (Å²) in [7, 11) is 0. The number of amides is 2. The molecule has 4 rings (SSSR count). The van der Waals surface area contributed by atoms with Gasteiger partial charge in [-0.3, -0.25) is 19.3 Å². The summed E-state index contributed by atoms with van der Waals surface area (Å²) >= 11 is 0. The lowest BCUT2D eigenvalue weighted by atomic mass is 9.95. The Labute approximate surface area is 158 Å². The molecule has 0 unspecified atom stereocenters. The lowest BCUT2D eigenvalue weighted by Crippen LogP contribution is -2.56. The van der Waals surface area contributed by atoms with E-state index in [2.05, 4.69) is 4.90 Å². The van der Waals surface area contributed by atoms with E-state index < -0.39 is 5.97 Å². The maximum absolute atomic E-state index is 13.0. The highest BCUT2D eigenvalue weighted by atomic mass is 16.4. The van der Waals surface area contributed by atoms with E-state index in [-0.39, 0.29) is 24.4 Å². The maximum atomic E-state index is 13.0. The minimum absolute atomic E-state index is 0.0407. The molecule has 2 saturated heterocycles. The first kappa shape index (κ1) is 17.8. The second kappa shape index (κ2) is 7.21. The molecule has 0 saturated carbocycles. The summed E-state index contributed by atoms with van der Waals surface area (Å²) in [6.45, 7) is 1.91. The smallest absolute Gasteiger partial charge is 0.323 e. The monoisotopic (exact) mass is 371 g/mol. The van der Waals surface area contributed by atoms with Gasteiger partial charge in [0.05, 0.1) is 11.4 Å². The Kier molecular flexibility index (Phi) is 4.76. The summed E-state index contributed by atoms with van der Waals surface area (Å²) in [6, 6.07) is 5.11. The Bertz CT molecular complexity index is 772. The number of fused-ring (bicyclic) bond motifs is 3. The number of benzene rings is 1. The van der Waals surface area contributed by atoms with E-state index in [0.29, 0.717) is 11.3 Å². The van der Waals surface area contributed by atoms with Gasteiger partial charge in [-0.05, 0) is 56.7 Å². The van der Waals surface area contributed by atoms with Crippen LogP contribution in [0, 0.1) is 0 Å². The van der Waals surface area contributed by atoms with Crippen molar-refractivity contribution in [1.82, 2.24) is 4.90 Å². The molecule has 144 valence electrons. The van der Waals surface area contributed by atoms with E-state index in [1.54, 1.807) is 6.07 Å². The topological polar surface area (TPSA) is 81.2 Å². The van der Waals surface area contributed by atoms with Crippen LogP contribution in [0.3, 0.4) is 0 Å². The molecule has 1 atom stereocenters. The third-order valence-corrected chi connectivity index (χ3v) is 5.81. The van der Waals surface area contributed by atoms with Gasteiger partial charge in [-0.25, -0.2) is 0 Å². The van der Waals surface area contributed by atoms with Crippen LogP contribution >= 0.6 is 0 Å². The third kappa shape index (κ3) is 3.26. The van der Waals surface area contributed by atoms with E-state index in [1.165, 1.54) is 4.90 Å². The van der Waals surface area contributed by atoms with Crippen molar-refractivity contribution in [3.05, 3.63) is 23.8 Å². The van der Waals surface area contributed by atoms with E-state index in [1.807, 2.05) is 17.0 Å². The summed E-state index contributed by atoms with van der Waals surface area (Å²) < 4.78 is 0. The average molecular weight is 371 g/mol. The molecule has 7 nitrogen and oxygen atoms in total. The number of carbonyl (C=O) groups excluding carboxylic acids is 2. The number of nitrogens with zero attached hydrogens (tertiary/aromatic N) is 3. The molecular weight excluding hydrogens is 346 g/mol. The second-order valence-corrected chi connectivity index (χ2v) is 7.58. The first-order valence-corrected chi connectivity index (χ1v) is 9.79. The molecule has 1 N–H and O–H groups in total. The number of piperidine rings is 2. The van der Waals surface area contributed by atoms with Gasteiger partial charge >= 0.3 is 5.97 Å². The van der Waals surface area contributed by atoms with Crippen molar-refractivity contribution in [2.75, 3.05) is 36.0 Å². The average Bonchev–Trinajstić information content (AvgIpc) is 2.70. The fourth-order valence-electron chi connectivity index (χ4n) is 4.47. The number of likely N-dealkylation sites (tertiary alicyclic amines) is 1. The molecule has 27 heavy (non-hydrogen) atoms. The van der Waals surface area contributed by atoms with Crippen LogP contribution in [0.2, 0.25) is 0 Å². The van der Waals surface area contributed by atoms with Crippen molar-refractivity contribution in [1.29, 1.82) is 0 Å². The Morgan fingerprint density at radius 3 is 2.48 bits per heavy atom. The van der Waals surface area contributed by atoms with Crippen molar-refractivity contribution in [2.45, 2.75) is 44.6 Å². The molecule has 0 aliphatic carbocycles. The molecular formula is C20H25N3O4. The van der Waals surface area contributed by atoms with E-state index >= 15 is 0 Å². The van der Waals surface area contributed by atoms with Crippen molar-refractivity contribution in [3.8, 4) is 0 Å². The molecule has 7 heteroatoms. The fourth-order valence-corrected chi connectivity index (χ4v) is 4.47. The minimum atomic E-state index is -1.05. The molecule has 0 aromatic heterocycles. The van der Waals surface area contributed by atoms with Gasteiger partial charge in [0.2, 0.25) is 5.91 Å². The minimum Gasteiger partial charge on any atom is -0.480 e. The number of rotatable bonds is 3. The van der Waals surface area contributed by atoms with E-state index in [4.69, 9.17) is 0 Å². The van der Waals surface area contributed by atoms with Crippen LogP contribution in [0.15, 0.2) is 18.2 Å². The van der Waals surface area contributed by atoms with Crippen molar-refractivity contribution >= 4 is 29.2 Å².